The number of hydrogen-bond donors (Lipinski definition) is 0. The summed E-state index contributed by atoms with van der Waals surface area (Å²) < 4.78 is 75.1. The van der Waals surface area contributed by atoms with Crippen LogP contribution in [0.2, 0.25) is 0 Å². The van der Waals surface area contributed by atoms with Crippen LogP contribution in [0.1, 0.15) is 30.5 Å². The molecule has 0 radical (unpaired) electrons. The summed E-state index contributed by atoms with van der Waals surface area (Å²) >= 11 is 11.6. The third-order valence-corrected chi connectivity index (χ3v) is 9.84. The first kappa shape index (κ1) is 31.3. The van der Waals surface area contributed by atoms with Gasteiger partial charge >= 0.3 is 12.1 Å². The third-order valence-electron chi connectivity index (χ3n) is 7.67. The zero-order valence-corrected chi connectivity index (χ0v) is 25.0. The highest BCUT2D eigenvalue weighted by Crippen LogP contribution is 2.65. The third kappa shape index (κ3) is 6.28. The highest BCUT2D eigenvalue weighted by atomic mass is 35.5. The van der Waals surface area contributed by atoms with Crippen molar-refractivity contribution in [1.82, 2.24) is 0 Å². The molecule has 3 aromatic rings. The van der Waals surface area contributed by atoms with Gasteiger partial charge in [0.15, 0.2) is 0 Å². The summed E-state index contributed by atoms with van der Waals surface area (Å²) in [6.07, 6.45) is -7.60. The number of esters is 1. The molecule has 3 aromatic carbocycles. The Labute approximate surface area is 247 Å². The van der Waals surface area contributed by atoms with E-state index in [0.29, 0.717) is 5.56 Å². The summed E-state index contributed by atoms with van der Waals surface area (Å²) in [7, 11) is -4.74. The van der Waals surface area contributed by atoms with E-state index in [-0.39, 0.29) is 11.5 Å². The molecule has 0 aliphatic heterocycles. The summed E-state index contributed by atoms with van der Waals surface area (Å²) in [6.45, 7) is 6.49. The fraction of sp³-hybridized carbons (Fsp3) is 0.367. The maximum absolute atomic E-state index is 14.0. The van der Waals surface area contributed by atoms with Crippen LogP contribution in [0.3, 0.4) is 0 Å². The van der Waals surface area contributed by atoms with Crippen molar-refractivity contribution < 1.29 is 35.3 Å². The summed E-state index contributed by atoms with van der Waals surface area (Å²) in [4.78, 5) is 12.9. The van der Waals surface area contributed by atoms with Crippen molar-refractivity contribution >= 4 is 39.3 Å². The molecule has 0 spiro atoms. The van der Waals surface area contributed by atoms with Gasteiger partial charge in [-0.25, -0.2) is 0 Å². The molecular formula is C30H29Cl2F3O5S. The van der Waals surface area contributed by atoms with Crippen LogP contribution in [-0.4, -0.2) is 31.0 Å². The molecular weight excluding hydrogens is 600 g/mol. The quantitative estimate of drug-likeness (QED) is 0.137. The number of benzene rings is 3. The number of ether oxygens (including phenoxy) is 1. The average molecular weight is 630 g/mol. The number of carbonyl (C=O) groups excluding carboxylic acids is 1. The van der Waals surface area contributed by atoms with Crippen LogP contribution in [0, 0.1) is 31.1 Å². The summed E-state index contributed by atoms with van der Waals surface area (Å²) in [5.74, 6) is -3.28. The van der Waals surface area contributed by atoms with Gasteiger partial charge in [-0.3, -0.25) is 8.98 Å². The zero-order valence-electron chi connectivity index (χ0n) is 22.7. The Morgan fingerprint density at radius 2 is 1.56 bits per heavy atom. The Kier molecular flexibility index (Phi) is 8.60. The van der Waals surface area contributed by atoms with Gasteiger partial charge in [-0.2, -0.15) is 21.6 Å². The van der Waals surface area contributed by atoms with Crippen molar-refractivity contribution in [1.29, 1.82) is 0 Å². The van der Waals surface area contributed by atoms with E-state index in [1.807, 2.05) is 49.4 Å². The van der Waals surface area contributed by atoms with E-state index in [0.717, 1.165) is 22.3 Å². The smallest absolute Gasteiger partial charge is 0.424 e. The van der Waals surface area contributed by atoms with Crippen molar-refractivity contribution in [2.24, 2.45) is 17.3 Å². The predicted octanol–water partition coefficient (Wildman–Crippen LogP) is 7.80. The second-order valence-corrected chi connectivity index (χ2v) is 13.8. The fourth-order valence-corrected chi connectivity index (χ4v) is 6.69. The van der Waals surface area contributed by atoms with Crippen LogP contribution in [-0.2, 0) is 30.4 Å². The van der Waals surface area contributed by atoms with Gasteiger partial charge < -0.3 is 4.74 Å². The zero-order chi connectivity index (χ0) is 30.4. The van der Waals surface area contributed by atoms with Crippen molar-refractivity contribution in [3.05, 3.63) is 89.5 Å². The van der Waals surface area contributed by atoms with Crippen LogP contribution < -0.4 is 0 Å². The first-order valence-corrected chi connectivity index (χ1v) is 14.9. The standard InChI is InChI=1S/C30H29Cl2F3O5S/c1-18-13-15-22(16-14-18)41(37,38)40-26(29(31,32)30(33,34)35)24-25(28(24,3)4)27(36)39-17-21-11-8-12-23(19(21)2)20-9-6-5-7-10-20/h5-16,24-26H,17H2,1-4H3. The molecule has 3 unspecified atom stereocenters. The molecule has 220 valence electrons. The molecule has 0 heterocycles. The minimum atomic E-state index is -5.27. The van der Waals surface area contributed by atoms with E-state index in [4.69, 9.17) is 32.1 Å². The Morgan fingerprint density at radius 1 is 0.951 bits per heavy atom. The molecule has 4 rings (SSSR count). The largest absolute Gasteiger partial charge is 0.461 e. The maximum atomic E-state index is 14.0. The van der Waals surface area contributed by atoms with Crippen LogP contribution >= 0.6 is 23.2 Å². The van der Waals surface area contributed by atoms with Gasteiger partial charge in [0.2, 0.25) is 4.33 Å². The number of alkyl halides is 5. The van der Waals surface area contributed by atoms with Crippen molar-refractivity contribution in [2.45, 2.75) is 55.8 Å². The molecule has 1 fully saturated rings. The van der Waals surface area contributed by atoms with Crippen LogP contribution in [0.5, 0.6) is 0 Å². The van der Waals surface area contributed by atoms with Crippen LogP contribution in [0.4, 0.5) is 13.2 Å². The molecule has 5 nitrogen and oxygen atoms in total. The second kappa shape index (κ2) is 11.2. The summed E-state index contributed by atoms with van der Waals surface area (Å²) in [5, 5.41) is 0. The molecule has 0 bridgehead atoms. The monoisotopic (exact) mass is 628 g/mol. The van der Waals surface area contributed by atoms with E-state index in [1.54, 1.807) is 13.0 Å². The molecule has 0 saturated heterocycles. The Morgan fingerprint density at radius 3 is 2.15 bits per heavy atom. The van der Waals surface area contributed by atoms with Gasteiger partial charge in [-0.1, -0.05) is 103 Å². The first-order chi connectivity index (χ1) is 19.0. The first-order valence-electron chi connectivity index (χ1n) is 12.7. The van der Waals surface area contributed by atoms with Gasteiger partial charge in [0.05, 0.1) is 10.8 Å². The van der Waals surface area contributed by atoms with Gasteiger partial charge in [0.1, 0.15) is 12.7 Å². The number of aryl methyl sites for hydroxylation is 1. The van der Waals surface area contributed by atoms with Gasteiger partial charge in [-0.05, 0) is 53.6 Å². The average Bonchev–Trinajstić information content (AvgIpc) is 3.47. The van der Waals surface area contributed by atoms with Crippen molar-refractivity contribution in [2.75, 3.05) is 0 Å². The lowest BCUT2D eigenvalue weighted by Gasteiger charge is -2.32. The Bertz CT molecular complexity index is 1520. The Balaban J connectivity index is 1.59. The molecule has 11 heteroatoms. The van der Waals surface area contributed by atoms with E-state index in [2.05, 4.69) is 0 Å². The number of hydrogen-bond acceptors (Lipinski definition) is 5. The van der Waals surface area contributed by atoms with E-state index in [9.17, 15) is 26.4 Å². The molecule has 41 heavy (non-hydrogen) atoms. The lowest BCUT2D eigenvalue weighted by molar-refractivity contribution is -0.163. The van der Waals surface area contributed by atoms with Gasteiger partial charge in [0.25, 0.3) is 10.1 Å². The number of halogens is 5. The van der Waals surface area contributed by atoms with E-state index < -0.39 is 50.0 Å². The molecule has 0 N–H and O–H groups in total. The number of rotatable bonds is 9. The molecule has 1 aliphatic rings. The molecule has 1 saturated carbocycles. The Hall–Kier alpha value is -2.59. The minimum absolute atomic E-state index is 0.135. The van der Waals surface area contributed by atoms with Gasteiger partial charge in [0, 0.05) is 5.92 Å². The molecule has 3 atom stereocenters. The second-order valence-electron chi connectivity index (χ2n) is 10.8. The molecule has 0 aromatic heterocycles. The predicted molar refractivity (Wildman–Crippen MR) is 151 cm³/mol. The molecule has 0 amide bonds. The van der Waals surface area contributed by atoms with Crippen LogP contribution in [0.25, 0.3) is 11.1 Å². The van der Waals surface area contributed by atoms with Crippen LogP contribution in [0.15, 0.2) is 77.7 Å². The number of carbonyl (C=O) groups is 1. The summed E-state index contributed by atoms with van der Waals surface area (Å²) in [5.41, 5.74) is 3.08. The fourth-order valence-electron chi connectivity index (χ4n) is 5.11. The van der Waals surface area contributed by atoms with E-state index >= 15 is 0 Å². The van der Waals surface area contributed by atoms with Crippen molar-refractivity contribution in [3.63, 3.8) is 0 Å². The van der Waals surface area contributed by atoms with Gasteiger partial charge in [-0.15, -0.1) is 0 Å². The topological polar surface area (TPSA) is 69.7 Å². The maximum Gasteiger partial charge on any atom is 0.424 e. The minimum Gasteiger partial charge on any atom is -0.461 e. The lowest BCUT2D eigenvalue weighted by Crippen LogP contribution is -2.49. The lowest BCUT2D eigenvalue weighted by atomic mass is 9.97. The molecule has 1 aliphatic carbocycles. The normalized spacial score (nSPS) is 19.4. The van der Waals surface area contributed by atoms with E-state index in [1.165, 1.54) is 38.1 Å². The van der Waals surface area contributed by atoms with Crippen molar-refractivity contribution in [3.8, 4) is 11.1 Å². The SMILES string of the molecule is Cc1ccc(S(=O)(=O)OC(C2C(C(=O)OCc3cccc(-c4ccccc4)c3C)C2(C)C)C(Cl)(Cl)C(F)(F)F)cc1. The summed E-state index contributed by atoms with van der Waals surface area (Å²) in [6, 6.07) is 20.5. The highest BCUT2D eigenvalue weighted by molar-refractivity contribution is 7.86. The highest BCUT2D eigenvalue weighted by Gasteiger charge is 2.74.